The summed E-state index contributed by atoms with van der Waals surface area (Å²) in [7, 11) is 1.60. The van der Waals surface area contributed by atoms with Crippen molar-refractivity contribution in [1.82, 2.24) is 5.01 Å². The molecule has 0 aliphatic carbocycles. The average molecular weight is 324 g/mol. The molecule has 0 fully saturated rings. The first-order valence-corrected chi connectivity index (χ1v) is 7.82. The lowest BCUT2D eigenvalue weighted by atomic mass is 9.90. The second-order valence-electron chi connectivity index (χ2n) is 5.86. The molecule has 2 unspecified atom stereocenters. The summed E-state index contributed by atoms with van der Waals surface area (Å²) in [5.74, 6) is -0.818. The predicted octanol–water partition coefficient (Wildman–Crippen LogP) is 3.33. The monoisotopic (exact) mass is 324 g/mol. The van der Waals surface area contributed by atoms with E-state index >= 15 is 0 Å². The van der Waals surface area contributed by atoms with Crippen molar-refractivity contribution in [3.8, 4) is 5.75 Å². The van der Waals surface area contributed by atoms with Crippen LogP contribution in [0.2, 0.25) is 0 Å². The van der Waals surface area contributed by atoms with E-state index in [1.54, 1.807) is 14.0 Å². The molecule has 5 heteroatoms. The van der Waals surface area contributed by atoms with Crippen LogP contribution in [0.3, 0.4) is 0 Å². The summed E-state index contributed by atoms with van der Waals surface area (Å²) in [5, 5.41) is 16.1. The van der Waals surface area contributed by atoms with Crippen molar-refractivity contribution in [2.24, 2.45) is 11.0 Å². The lowest BCUT2D eigenvalue weighted by Gasteiger charge is -2.27. The van der Waals surface area contributed by atoms with Gasteiger partial charge in [0.25, 0.3) is 0 Å². The molecule has 124 valence electrons. The number of benzene rings is 2. The molecule has 1 heterocycles. The minimum Gasteiger partial charge on any atom is -0.497 e. The van der Waals surface area contributed by atoms with Gasteiger partial charge in [0.1, 0.15) is 11.7 Å². The number of carboxylic acid groups (broad SMARTS) is 1. The third-order valence-electron chi connectivity index (χ3n) is 4.26. The summed E-state index contributed by atoms with van der Waals surface area (Å²) in [6.07, 6.45) is 0. The Hall–Kier alpha value is -2.82. The lowest BCUT2D eigenvalue weighted by molar-refractivity contribution is -0.140. The number of hydrogen-bond donors (Lipinski definition) is 1. The fraction of sp³-hybridized carbons (Fsp3) is 0.263. The Kier molecular flexibility index (Phi) is 4.51. The second kappa shape index (κ2) is 6.74. The van der Waals surface area contributed by atoms with E-state index in [-0.39, 0.29) is 6.04 Å². The Bertz CT molecular complexity index is 758. The zero-order valence-corrected chi connectivity index (χ0v) is 13.7. The third kappa shape index (κ3) is 3.11. The van der Waals surface area contributed by atoms with Gasteiger partial charge in [-0.25, -0.2) is 0 Å². The van der Waals surface area contributed by atoms with Gasteiger partial charge < -0.3 is 9.84 Å². The number of ether oxygens (including phenoxy) is 1. The minimum atomic E-state index is -0.861. The van der Waals surface area contributed by atoms with Crippen molar-refractivity contribution in [3.63, 3.8) is 0 Å². The zero-order chi connectivity index (χ0) is 17.1. The van der Waals surface area contributed by atoms with Crippen LogP contribution in [0.25, 0.3) is 0 Å². The van der Waals surface area contributed by atoms with Gasteiger partial charge in [0.05, 0.1) is 25.4 Å². The van der Waals surface area contributed by atoms with Crippen LogP contribution in [-0.4, -0.2) is 28.9 Å². The summed E-state index contributed by atoms with van der Waals surface area (Å²) in [4.78, 5) is 11.8. The Balaban J connectivity index is 1.97. The highest BCUT2D eigenvalue weighted by Crippen LogP contribution is 2.38. The number of rotatable bonds is 5. The van der Waals surface area contributed by atoms with E-state index in [2.05, 4.69) is 5.10 Å². The highest BCUT2D eigenvalue weighted by Gasteiger charge is 2.41. The molecular weight excluding hydrogens is 304 g/mol. The quantitative estimate of drug-likeness (QED) is 0.916. The molecule has 1 aliphatic rings. The van der Waals surface area contributed by atoms with Gasteiger partial charge in [-0.1, -0.05) is 42.5 Å². The fourth-order valence-electron chi connectivity index (χ4n) is 3.14. The topological polar surface area (TPSA) is 62.1 Å². The molecule has 0 saturated heterocycles. The molecule has 1 aliphatic heterocycles. The number of aliphatic carboxylic acids is 1. The minimum absolute atomic E-state index is 0.349. The predicted molar refractivity (Wildman–Crippen MR) is 92.0 cm³/mol. The largest absolute Gasteiger partial charge is 0.497 e. The molecule has 0 spiro atoms. The molecule has 0 amide bonds. The molecule has 0 saturated carbocycles. The SMILES string of the molecule is COc1cccc(C2C(C(=O)O)C(C)=NN2Cc2ccccc2)c1. The van der Waals surface area contributed by atoms with Crippen LogP contribution in [0.15, 0.2) is 59.7 Å². The van der Waals surface area contributed by atoms with Gasteiger partial charge in [0, 0.05) is 0 Å². The normalized spacial score (nSPS) is 19.9. The number of carboxylic acids is 1. The molecule has 2 aromatic rings. The van der Waals surface area contributed by atoms with Crippen LogP contribution in [0.1, 0.15) is 24.1 Å². The van der Waals surface area contributed by atoms with E-state index in [4.69, 9.17) is 4.74 Å². The average Bonchev–Trinajstić information content (AvgIpc) is 2.92. The summed E-state index contributed by atoms with van der Waals surface area (Å²) in [6.45, 7) is 2.33. The molecular formula is C19H20N2O3. The number of carbonyl (C=O) groups is 1. The summed E-state index contributed by atoms with van der Waals surface area (Å²) < 4.78 is 5.29. The van der Waals surface area contributed by atoms with Crippen LogP contribution in [0, 0.1) is 5.92 Å². The van der Waals surface area contributed by atoms with Crippen LogP contribution in [0.4, 0.5) is 0 Å². The van der Waals surface area contributed by atoms with Crippen LogP contribution in [0.5, 0.6) is 5.75 Å². The third-order valence-corrected chi connectivity index (χ3v) is 4.26. The van der Waals surface area contributed by atoms with E-state index in [1.807, 2.05) is 59.6 Å². The Morgan fingerprint density at radius 2 is 1.96 bits per heavy atom. The maximum absolute atomic E-state index is 11.8. The van der Waals surface area contributed by atoms with Crippen molar-refractivity contribution in [1.29, 1.82) is 0 Å². The van der Waals surface area contributed by atoms with Crippen molar-refractivity contribution >= 4 is 11.7 Å². The van der Waals surface area contributed by atoms with E-state index in [1.165, 1.54) is 0 Å². The highest BCUT2D eigenvalue weighted by molar-refractivity contribution is 6.02. The maximum Gasteiger partial charge on any atom is 0.314 e. The van der Waals surface area contributed by atoms with Crippen molar-refractivity contribution < 1.29 is 14.6 Å². The molecule has 1 N–H and O–H groups in total. The molecule has 2 atom stereocenters. The molecule has 0 radical (unpaired) electrons. The first-order chi connectivity index (χ1) is 11.6. The Morgan fingerprint density at radius 1 is 1.21 bits per heavy atom. The summed E-state index contributed by atoms with van der Waals surface area (Å²) >= 11 is 0. The first kappa shape index (κ1) is 16.1. The number of nitrogens with zero attached hydrogens (tertiary/aromatic N) is 2. The van der Waals surface area contributed by atoms with Crippen LogP contribution in [-0.2, 0) is 11.3 Å². The van der Waals surface area contributed by atoms with Crippen molar-refractivity contribution in [2.45, 2.75) is 19.5 Å². The standard InChI is InChI=1S/C19H20N2O3/c1-13-17(19(22)23)18(15-9-6-10-16(11-15)24-2)21(20-13)12-14-7-4-3-5-8-14/h3-11,17-18H,12H2,1-2H3,(H,22,23). The lowest BCUT2D eigenvalue weighted by Crippen LogP contribution is -2.30. The second-order valence-corrected chi connectivity index (χ2v) is 5.86. The van der Waals surface area contributed by atoms with Crippen LogP contribution >= 0.6 is 0 Å². The van der Waals surface area contributed by atoms with Crippen molar-refractivity contribution in [2.75, 3.05) is 7.11 Å². The molecule has 0 aromatic heterocycles. The molecule has 24 heavy (non-hydrogen) atoms. The van der Waals surface area contributed by atoms with E-state index in [0.29, 0.717) is 18.0 Å². The summed E-state index contributed by atoms with van der Waals surface area (Å²) in [5.41, 5.74) is 2.59. The Morgan fingerprint density at radius 3 is 2.62 bits per heavy atom. The maximum atomic E-state index is 11.8. The van der Waals surface area contributed by atoms with Gasteiger partial charge in [-0.15, -0.1) is 0 Å². The smallest absolute Gasteiger partial charge is 0.314 e. The van der Waals surface area contributed by atoms with Crippen molar-refractivity contribution in [3.05, 3.63) is 65.7 Å². The zero-order valence-electron chi connectivity index (χ0n) is 13.7. The van der Waals surface area contributed by atoms with Gasteiger partial charge in [-0.3, -0.25) is 9.80 Å². The van der Waals surface area contributed by atoms with E-state index < -0.39 is 11.9 Å². The van der Waals surface area contributed by atoms with Gasteiger partial charge in [0.15, 0.2) is 0 Å². The Labute approximate surface area is 141 Å². The highest BCUT2D eigenvalue weighted by atomic mass is 16.5. The van der Waals surface area contributed by atoms with Gasteiger partial charge in [-0.05, 0) is 30.2 Å². The molecule has 5 nitrogen and oxygen atoms in total. The van der Waals surface area contributed by atoms with Crippen LogP contribution < -0.4 is 4.74 Å². The summed E-state index contributed by atoms with van der Waals surface area (Å²) in [6, 6.07) is 17.1. The van der Waals surface area contributed by atoms with Gasteiger partial charge in [-0.2, -0.15) is 5.10 Å². The molecule has 0 bridgehead atoms. The number of methoxy groups -OCH3 is 1. The van der Waals surface area contributed by atoms with E-state index in [9.17, 15) is 9.90 Å². The van der Waals surface area contributed by atoms with Gasteiger partial charge >= 0.3 is 5.97 Å². The van der Waals surface area contributed by atoms with Gasteiger partial charge in [0.2, 0.25) is 0 Å². The molecule has 2 aromatic carbocycles. The fourth-order valence-corrected chi connectivity index (χ4v) is 3.14. The molecule has 3 rings (SSSR count). The van der Waals surface area contributed by atoms with E-state index in [0.717, 1.165) is 11.1 Å². The number of hydrazone groups is 1. The first-order valence-electron chi connectivity index (χ1n) is 7.82. The number of hydrogen-bond acceptors (Lipinski definition) is 4.